The van der Waals surface area contributed by atoms with Crippen LogP contribution in [0.5, 0.6) is 0 Å². The molecule has 2 aliphatic carbocycles. The molecule has 7 heteroatoms. The van der Waals surface area contributed by atoms with Crippen molar-refractivity contribution in [3.8, 4) is 0 Å². The fourth-order valence-electron chi connectivity index (χ4n) is 4.50. The van der Waals surface area contributed by atoms with Crippen molar-refractivity contribution >= 4 is 29.4 Å². The molecule has 2 fully saturated rings. The van der Waals surface area contributed by atoms with E-state index in [0.717, 1.165) is 22.4 Å². The number of esters is 1. The summed E-state index contributed by atoms with van der Waals surface area (Å²) < 4.78 is 4.98. The van der Waals surface area contributed by atoms with Gasteiger partial charge in [-0.05, 0) is 49.3 Å². The molecule has 1 heterocycles. The number of amides is 3. The van der Waals surface area contributed by atoms with Crippen LogP contribution in [-0.2, 0) is 23.9 Å². The number of imide groups is 1. The minimum Gasteiger partial charge on any atom is -0.454 e. The maximum Gasteiger partial charge on any atom is 0.326 e. The standard InChI is InChI=1S/C21H22N2O5/c1-11-3-4-12(2)15(7-11)22-16(24)10-28-17(25)9-23-20(26)18-13-5-6-14(8-13)19(18)21(23)27/h3-7,13-14,18-19H,8-10H2,1-2H3,(H,22,24)/t13-,14-,18-,19-/m0/s1. The number of benzene rings is 1. The zero-order chi connectivity index (χ0) is 20.0. The van der Waals surface area contributed by atoms with Crippen molar-refractivity contribution in [2.75, 3.05) is 18.5 Å². The highest BCUT2D eigenvalue weighted by Crippen LogP contribution is 2.52. The van der Waals surface area contributed by atoms with Gasteiger partial charge in [-0.15, -0.1) is 0 Å². The average Bonchev–Trinajstić information content (AvgIpc) is 3.33. The highest BCUT2D eigenvalue weighted by atomic mass is 16.5. The third kappa shape index (κ3) is 3.10. The second-order valence-electron chi connectivity index (χ2n) is 7.79. The maximum absolute atomic E-state index is 12.6. The van der Waals surface area contributed by atoms with Crippen molar-refractivity contribution in [3.63, 3.8) is 0 Å². The van der Waals surface area contributed by atoms with Gasteiger partial charge in [0.15, 0.2) is 6.61 Å². The Morgan fingerprint density at radius 2 is 1.75 bits per heavy atom. The Morgan fingerprint density at radius 3 is 2.39 bits per heavy atom. The molecule has 0 unspecified atom stereocenters. The van der Waals surface area contributed by atoms with Crippen molar-refractivity contribution in [3.05, 3.63) is 41.5 Å². The van der Waals surface area contributed by atoms with Gasteiger partial charge in [0.05, 0.1) is 11.8 Å². The Balaban J connectivity index is 1.30. The van der Waals surface area contributed by atoms with Crippen LogP contribution in [0.4, 0.5) is 5.69 Å². The van der Waals surface area contributed by atoms with Crippen LogP contribution in [0.1, 0.15) is 17.5 Å². The molecule has 1 aromatic carbocycles. The van der Waals surface area contributed by atoms with E-state index >= 15 is 0 Å². The van der Waals surface area contributed by atoms with Crippen molar-refractivity contribution in [1.82, 2.24) is 4.90 Å². The first kappa shape index (κ1) is 18.4. The number of anilines is 1. The molecule has 7 nitrogen and oxygen atoms in total. The second kappa shape index (κ2) is 6.89. The van der Waals surface area contributed by atoms with Gasteiger partial charge in [-0.2, -0.15) is 0 Å². The number of carbonyl (C=O) groups excluding carboxylic acids is 4. The first-order valence-electron chi connectivity index (χ1n) is 9.41. The molecule has 4 rings (SSSR count). The number of ether oxygens (including phenoxy) is 1. The molecule has 4 atom stereocenters. The van der Waals surface area contributed by atoms with Gasteiger partial charge in [0.1, 0.15) is 6.54 Å². The molecule has 0 spiro atoms. The molecule has 0 radical (unpaired) electrons. The molecule has 28 heavy (non-hydrogen) atoms. The van der Waals surface area contributed by atoms with E-state index in [0.29, 0.717) is 5.69 Å². The van der Waals surface area contributed by atoms with Crippen LogP contribution in [0, 0.1) is 37.5 Å². The van der Waals surface area contributed by atoms with Gasteiger partial charge >= 0.3 is 5.97 Å². The highest BCUT2D eigenvalue weighted by Gasteiger charge is 2.59. The molecule has 2 bridgehead atoms. The topological polar surface area (TPSA) is 92.8 Å². The lowest BCUT2D eigenvalue weighted by molar-refractivity contribution is -0.154. The minimum atomic E-state index is -0.766. The number of likely N-dealkylation sites (tertiary alicyclic amines) is 1. The van der Waals surface area contributed by atoms with E-state index in [9.17, 15) is 19.2 Å². The lowest BCUT2D eigenvalue weighted by Crippen LogP contribution is -2.38. The Hall–Kier alpha value is -2.96. The largest absolute Gasteiger partial charge is 0.454 e. The van der Waals surface area contributed by atoms with Gasteiger partial charge in [-0.1, -0.05) is 24.3 Å². The number of rotatable bonds is 5. The SMILES string of the molecule is Cc1ccc(C)c(NC(=O)COC(=O)CN2C(=O)[C@@H]3[C@@H](C2=O)[C@H]2C=C[C@H]3C2)c1. The minimum absolute atomic E-state index is 0.0933. The fourth-order valence-corrected chi connectivity index (χ4v) is 4.50. The van der Waals surface area contributed by atoms with Crippen LogP contribution < -0.4 is 5.32 Å². The number of allylic oxidation sites excluding steroid dienone is 2. The number of nitrogens with one attached hydrogen (secondary N) is 1. The molecule has 1 aliphatic heterocycles. The molecule has 146 valence electrons. The zero-order valence-corrected chi connectivity index (χ0v) is 15.8. The molecule has 1 N–H and O–H groups in total. The second-order valence-corrected chi connectivity index (χ2v) is 7.79. The predicted octanol–water partition coefficient (Wildman–Crippen LogP) is 1.59. The quantitative estimate of drug-likeness (QED) is 0.474. The molecule has 1 saturated heterocycles. The Kier molecular flexibility index (Phi) is 4.53. The summed E-state index contributed by atoms with van der Waals surface area (Å²) in [5.41, 5.74) is 2.55. The van der Waals surface area contributed by atoms with Gasteiger partial charge in [0, 0.05) is 5.69 Å². The molecule has 3 amide bonds. The smallest absolute Gasteiger partial charge is 0.326 e. The number of fused-ring (bicyclic) bond motifs is 5. The van der Waals surface area contributed by atoms with Gasteiger partial charge < -0.3 is 10.1 Å². The fraction of sp³-hybridized carbons (Fsp3) is 0.429. The van der Waals surface area contributed by atoms with Crippen LogP contribution in [0.2, 0.25) is 0 Å². The summed E-state index contributed by atoms with van der Waals surface area (Å²) in [5, 5.41) is 2.70. The summed E-state index contributed by atoms with van der Waals surface area (Å²) in [7, 11) is 0. The summed E-state index contributed by atoms with van der Waals surface area (Å²) in [6.45, 7) is 2.86. The van der Waals surface area contributed by atoms with Gasteiger partial charge in [0.2, 0.25) is 11.8 Å². The number of aryl methyl sites for hydroxylation is 2. The van der Waals surface area contributed by atoms with E-state index in [1.54, 1.807) is 0 Å². The van der Waals surface area contributed by atoms with Crippen LogP contribution in [0.15, 0.2) is 30.4 Å². The lowest BCUT2D eigenvalue weighted by Gasteiger charge is -2.16. The average molecular weight is 382 g/mol. The Labute approximate surface area is 162 Å². The predicted molar refractivity (Wildman–Crippen MR) is 99.9 cm³/mol. The number of carbonyl (C=O) groups is 4. The van der Waals surface area contributed by atoms with E-state index in [4.69, 9.17) is 4.74 Å². The number of hydrogen-bond acceptors (Lipinski definition) is 5. The van der Waals surface area contributed by atoms with Gasteiger partial charge in [0.25, 0.3) is 5.91 Å². The van der Waals surface area contributed by atoms with Gasteiger partial charge in [-0.25, -0.2) is 0 Å². The first-order chi connectivity index (χ1) is 13.3. The molecule has 0 aromatic heterocycles. The van der Waals surface area contributed by atoms with Crippen LogP contribution in [-0.4, -0.2) is 41.7 Å². The third-order valence-electron chi connectivity index (χ3n) is 5.88. The monoisotopic (exact) mass is 382 g/mol. The Morgan fingerprint density at radius 1 is 1.11 bits per heavy atom. The van der Waals surface area contributed by atoms with E-state index in [1.165, 1.54) is 0 Å². The lowest BCUT2D eigenvalue weighted by atomic mass is 9.85. The normalized spacial score (nSPS) is 27.3. The maximum atomic E-state index is 12.6. The van der Waals surface area contributed by atoms with E-state index in [-0.39, 0.29) is 35.5 Å². The van der Waals surface area contributed by atoms with Crippen molar-refractivity contribution in [2.24, 2.45) is 23.7 Å². The summed E-state index contributed by atoms with van der Waals surface area (Å²) in [6, 6.07) is 5.66. The van der Waals surface area contributed by atoms with Crippen molar-refractivity contribution in [1.29, 1.82) is 0 Å². The molecule has 1 saturated carbocycles. The summed E-state index contributed by atoms with van der Waals surface area (Å²) in [4.78, 5) is 50.3. The first-order valence-corrected chi connectivity index (χ1v) is 9.41. The number of hydrogen-bond donors (Lipinski definition) is 1. The van der Waals surface area contributed by atoms with Crippen LogP contribution in [0.3, 0.4) is 0 Å². The van der Waals surface area contributed by atoms with E-state index in [1.807, 2.05) is 44.2 Å². The molecule has 3 aliphatic rings. The summed E-state index contributed by atoms with van der Waals surface area (Å²) in [5.74, 6) is -2.34. The molecule has 1 aromatic rings. The Bertz CT molecular complexity index is 876. The summed E-state index contributed by atoms with van der Waals surface area (Å²) in [6.07, 6.45) is 4.83. The van der Waals surface area contributed by atoms with Gasteiger partial charge in [-0.3, -0.25) is 24.1 Å². The zero-order valence-electron chi connectivity index (χ0n) is 15.8. The molecular formula is C21H22N2O5. The third-order valence-corrected chi connectivity index (χ3v) is 5.88. The number of nitrogens with zero attached hydrogens (tertiary/aromatic N) is 1. The highest BCUT2D eigenvalue weighted by molar-refractivity contribution is 6.08. The van der Waals surface area contributed by atoms with Crippen LogP contribution >= 0.6 is 0 Å². The van der Waals surface area contributed by atoms with Crippen LogP contribution in [0.25, 0.3) is 0 Å². The van der Waals surface area contributed by atoms with E-state index in [2.05, 4.69) is 5.32 Å². The van der Waals surface area contributed by atoms with E-state index < -0.39 is 25.0 Å². The van der Waals surface area contributed by atoms with Crippen molar-refractivity contribution in [2.45, 2.75) is 20.3 Å². The van der Waals surface area contributed by atoms with Crippen molar-refractivity contribution < 1.29 is 23.9 Å². The molecular weight excluding hydrogens is 360 g/mol. The summed E-state index contributed by atoms with van der Waals surface area (Å²) >= 11 is 0.